The van der Waals surface area contributed by atoms with Crippen molar-refractivity contribution >= 4 is 22.8 Å². The molecular weight excluding hydrogens is 232 g/mol. The van der Waals surface area contributed by atoms with Crippen LogP contribution in [0, 0.1) is 0 Å². The number of H-pyrrole nitrogens is 1. The van der Waals surface area contributed by atoms with E-state index in [4.69, 9.17) is 10.8 Å². The normalized spacial score (nSPS) is 11.3. The van der Waals surface area contributed by atoms with Gasteiger partial charge in [0.25, 0.3) is 0 Å². The molecule has 7 heteroatoms. The molecule has 0 spiro atoms. The molecule has 2 heterocycles. The first-order chi connectivity index (χ1) is 8.63. The van der Waals surface area contributed by atoms with E-state index in [-0.39, 0.29) is 18.6 Å². The number of aliphatic hydroxyl groups excluding tert-OH is 1. The van der Waals surface area contributed by atoms with Crippen molar-refractivity contribution in [1.82, 2.24) is 20.2 Å². The van der Waals surface area contributed by atoms with Crippen LogP contribution in [0.2, 0.25) is 0 Å². The highest BCUT2D eigenvalue weighted by molar-refractivity contribution is 5.87. The van der Waals surface area contributed by atoms with Gasteiger partial charge in [-0.1, -0.05) is 0 Å². The molecule has 0 aliphatic heterocycles. The van der Waals surface area contributed by atoms with Crippen LogP contribution in [0.15, 0.2) is 6.20 Å². The summed E-state index contributed by atoms with van der Waals surface area (Å²) in [5.74, 6) is 0.978. The van der Waals surface area contributed by atoms with Crippen molar-refractivity contribution in [2.75, 3.05) is 23.8 Å². The summed E-state index contributed by atoms with van der Waals surface area (Å²) < 4.78 is 0. The number of aliphatic hydroxyl groups is 1. The smallest absolute Gasteiger partial charge is 0.224 e. The fourth-order valence-corrected chi connectivity index (χ4v) is 1.91. The summed E-state index contributed by atoms with van der Waals surface area (Å²) in [7, 11) is 0. The van der Waals surface area contributed by atoms with Gasteiger partial charge in [-0.25, -0.2) is 0 Å². The lowest BCUT2D eigenvalue weighted by molar-refractivity contribution is 0.288. The maximum absolute atomic E-state index is 8.97. The molecule has 0 unspecified atom stereocenters. The van der Waals surface area contributed by atoms with Gasteiger partial charge in [-0.15, -0.1) is 0 Å². The molecule has 0 amide bonds. The zero-order valence-electron chi connectivity index (χ0n) is 10.6. The summed E-state index contributed by atoms with van der Waals surface area (Å²) in [6.07, 6.45) is 2.37. The first-order valence-corrected chi connectivity index (χ1v) is 5.97. The largest absolute Gasteiger partial charge is 0.396 e. The van der Waals surface area contributed by atoms with E-state index in [0.29, 0.717) is 18.6 Å². The molecule has 7 nitrogen and oxygen atoms in total. The van der Waals surface area contributed by atoms with Crippen LogP contribution in [-0.4, -0.2) is 44.5 Å². The van der Waals surface area contributed by atoms with Crippen LogP contribution in [0.3, 0.4) is 0 Å². The fraction of sp³-hybridized carbons (Fsp3) is 0.545. The average Bonchev–Trinajstić information content (AvgIpc) is 2.76. The number of nitrogens with two attached hydrogens (primary N) is 1. The van der Waals surface area contributed by atoms with Crippen LogP contribution < -0.4 is 10.6 Å². The molecule has 0 radical (unpaired) electrons. The van der Waals surface area contributed by atoms with Gasteiger partial charge in [0.05, 0.1) is 11.6 Å². The number of hydrogen-bond acceptors (Lipinski definition) is 6. The van der Waals surface area contributed by atoms with Crippen molar-refractivity contribution in [2.45, 2.75) is 26.3 Å². The topological polar surface area (TPSA) is 104 Å². The van der Waals surface area contributed by atoms with Crippen LogP contribution in [0.4, 0.5) is 11.8 Å². The van der Waals surface area contributed by atoms with E-state index in [0.717, 1.165) is 11.2 Å². The molecule has 0 aliphatic carbocycles. The predicted octanol–water partition coefficient (Wildman–Crippen LogP) is 0.532. The number of hydrogen-bond donors (Lipinski definition) is 3. The summed E-state index contributed by atoms with van der Waals surface area (Å²) in [6, 6.07) is 0.254. The minimum absolute atomic E-state index is 0.151. The van der Waals surface area contributed by atoms with Gasteiger partial charge in [0.1, 0.15) is 5.82 Å². The van der Waals surface area contributed by atoms with E-state index < -0.39 is 0 Å². The molecule has 2 aromatic heterocycles. The Bertz CT molecular complexity index is 523. The third kappa shape index (κ3) is 2.35. The number of aromatic amines is 1. The van der Waals surface area contributed by atoms with Gasteiger partial charge in [-0.3, -0.25) is 5.10 Å². The quantitative estimate of drug-likeness (QED) is 0.715. The monoisotopic (exact) mass is 250 g/mol. The fourth-order valence-electron chi connectivity index (χ4n) is 1.91. The number of nitrogens with zero attached hydrogens (tertiary/aromatic N) is 4. The maximum Gasteiger partial charge on any atom is 0.224 e. The van der Waals surface area contributed by atoms with E-state index in [1.54, 1.807) is 6.20 Å². The summed E-state index contributed by atoms with van der Waals surface area (Å²) in [6.45, 7) is 5.01. The first-order valence-electron chi connectivity index (χ1n) is 5.97. The van der Waals surface area contributed by atoms with Crippen LogP contribution in [-0.2, 0) is 0 Å². The van der Waals surface area contributed by atoms with Crippen LogP contribution in [0.1, 0.15) is 20.3 Å². The van der Waals surface area contributed by atoms with E-state index in [1.165, 1.54) is 0 Å². The van der Waals surface area contributed by atoms with Crippen molar-refractivity contribution in [3.05, 3.63) is 6.20 Å². The van der Waals surface area contributed by atoms with Crippen molar-refractivity contribution in [2.24, 2.45) is 0 Å². The lowest BCUT2D eigenvalue weighted by Gasteiger charge is -2.28. The van der Waals surface area contributed by atoms with Gasteiger partial charge in [0, 0.05) is 19.2 Å². The van der Waals surface area contributed by atoms with Crippen LogP contribution in [0.25, 0.3) is 11.0 Å². The maximum atomic E-state index is 8.97. The Morgan fingerprint density at radius 2 is 2.22 bits per heavy atom. The molecule has 0 bridgehead atoms. The Morgan fingerprint density at radius 1 is 1.44 bits per heavy atom. The minimum atomic E-state index is 0.151. The zero-order chi connectivity index (χ0) is 13.1. The summed E-state index contributed by atoms with van der Waals surface area (Å²) >= 11 is 0. The Labute approximate surface area is 105 Å². The Morgan fingerprint density at radius 3 is 2.89 bits per heavy atom. The Kier molecular flexibility index (Phi) is 3.61. The van der Waals surface area contributed by atoms with E-state index in [2.05, 4.69) is 38.9 Å². The van der Waals surface area contributed by atoms with Gasteiger partial charge in [-0.2, -0.15) is 15.1 Å². The van der Waals surface area contributed by atoms with E-state index in [1.807, 2.05) is 0 Å². The molecule has 0 saturated heterocycles. The number of rotatable bonds is 5. The highest BCUT2D eigenvalue weighted by Gasteiger charge is 2.17. The van der Waals surface area contributed by atoms with Crippen LogP contribution in [0.5, 0.6) is 0 Å². The number of nitrogen functional groups attached to an aromatic ring is 1. The number of fused-ring (bicyclic) bond motifs is 1. The van der Waals surface area contributed by atoms with Crippen molar-refractivity contribution in [3.63, 3.8) is 0 Å². The Balaban J connectivity index is 2.45. The van der Waals surface area contributed by atoms with E-state index in [9.17, 15) is 0 Å². The highest BCUT2D eigenvalue weighted by Crippen LogP contribution is 2.24. The highest BCUT2D eigenvalue weighted by atomic mass is 16.3. The summed E-state index contributed by atoms with van der Waals surface area (Å²) in [5.41, 5.74) is 6.34. The first kappa shape index (κ1) is 12.6. The second kappa shape index (κ2) is 5.18. The molecule has 0 fully saturated rings. The van der Waals surface area contributed by atoms with Gasteiger partial charge < -0.3 is 15.7 Å². The standard InChI is InChI=1S/C11H18N6O/c1-7(2)17(4-3-5-18)10-8-6-13-16-9(8)14-11(12)15-10/h6-7,18H,3-5H2,1-2H3,(H3,12,13,14,15,16). The lowest BCUT2D eigenvalue weighted by Crippen LogP contribution is -2.33. The molecule has 2 aromatic rings. The van der Waals surface area contributed by atoms with Gasteiger partial charge in [0.2, 0.25) is 5.95 Å². The molecule has 2 rings (SSSR count). The third-order valence-electron chi connectivity index (χ3n) is 2.76. The molecule has 98 valence electrons. The SMILES string of the molecule is CC(C)N(CCCO)c1nc(N)nc2[nH]ncc12. The average molecular weight is 250 g/mol. The van der Waals surface area contributed by atoms with Gasteiger partial charge in [-0.05, 0) is 20.3 Å². The summed E-state index contributed by atoms with van der Waals surface area (Å²) in [4.78, 5) is 10.5. The number of aromatic nitrogens is 4. The van der Waals surface area contributed by atoms with E-state index >= 15 is 0 Å². The third-order valence-corrected chi connectivity index (χ3v) is 2.76. The predicted molar refractivity (Wildman–Crippen MR) is 70.3 cm³/mol. The summed E-state index contributed by atoms with van der Waals surface area (Å²) in [5, 5.41) is 16.6. The van der Waals surface area contributed by atoms with Gasteiger partial charge in [0.15, 0.2) is 5.65 Å². The van der Waals surface area contributed by atoms with Gasteiger partial charge >= 0.3 is 0 Å². The zero-order valence-corrected chi connectivity index (χ0v) is 10.6. The van der Waals surface area contributed by atoms with Crippen molar-refractivity contribution in [3.8, 4) is 0 Å². The Hall–Kier alpha value is -1.89. The number of nitrogens with one attached hydrogen (secondary N) is 1. The second-order valence-corrected chi connectivity index (χ2v) is 4.40. The molecule has 0 atom stereocenters. The van der Waals surface area contributed by atoms with Crippen molar-refractivity contribution < 1.29 is 5.11 Å². The molecule has 4 N–H and O–H groups in total. The molecule has 0 saturated carbocycles. The van der Waals surface area contributed by atoms with Crippen LogP contribution >= 0.6 is 0 Å². The minimum Gasteiger partial charge on any atom is -0.396 e. The molecule has 0 aliphatic rings. The van der Waals surface area contributed by atoms with Crippen molar-refractivity contribution in [1.29, 1.82) is 0 Å². The molecule has 18 heavy (non-hydrogen) atoms. The number of anilines is 2. The molecule has 0 aromatic carbocycles. The molecular formula is C11H18N6O. The lowest BCUT2D eigenvalue weighted by atomic mass is 10.2. The second-order valence-electron chi connectivity index (χ2n) is 4.40.